The number of likely N-dealkylation sites (tertiary alicyclic amines) is 1. The van der Waals surface area contributed by atoms with Crippen molar-refractivity contribution in [2.24, 2.45) is 0 Å². The fraction of sp³-hybridized carbons (Fsp3) is 0.438. The molecule has 5 nitrogen and oxygen atoms in total. The highest BCUT2D eigenvalue weighted by atomic mass is 32.1. The van der Waals surface area contributed by atoms with Crippen molar-refractivity contribution in [2.75, 3.05) is 26.2 Å². The van der Waals surface area contributed by atoms with E-state index < -0.39 is 0 Å². The maximum absolute atomic E-state index is 12.4. The number of carbonyl (C=O) groups excluding carboxylic acids is 1. The van der Waals surface area contributed by atoms with Crippen LogP contribution in [0, 0.1) is 0 Å². The summed E-state index contributed by atoms with van der Waals surface area (Å²) < 4.78 is 0. The van der Waals surface area contributed by atoms with Gasteiger partial charge in [0.1, 0.15) is 0 Å². The molecule has 1 aliphatic heterocycles. The third kappa shape index (κ3) is 3.69. The molecule has 22 heavy (non-hydrogen) atoms. The molecule has 6 heteroatoms. The molecular formula is C16H20N4OS. The van der Waals surface area contributed by atoms with Crippen LogP contribution in [-0.4, -0.2) is 47.0 Å². The topological polar surface area (TPSA) is 58.1 Å². The number of aromatic nitrogens is 2. The Balaban J connectivity index is 1.60. The molecule has 2 aromatic heterocycles. The van der Waals surface area contributed by atoms with Crippen molar-refractivity contribution >= 4 is 17.2 Å². The zero-order valence-electron chi connectivity index (χ0n) is 12.5. The summed E-state index contributed by atoms with van der Waals surface area (Å²) in [6.07, 6.45) is 7.33. The Labute approximate surface area is 134 Å². The predicted molar refractivity (Wildman–Crippen MR) is 88.0 cm³/mol. The van der Waals surface area contributed by atoms with E-state index >= 15 is 0 Å². The molecular weight excluding hydrogens is 296 g/mol. The van der Waals surface area contributed by atoms with Crippen molar-refractivity contribution in [2.45, 2.75) is 19.3 Å². The van der Waals surface area contributed by atoms with Crippen LogP contribution in [0.5, 0.6) is 0 Å². The van der Waals surface area contributed by atoms with E-state index in [0.717, 1.165) is 24.5 Å². The van der Waals surface area contributed by atoms with E-state index in [1.165, 1.54) is 30.6 Å². The standard InChI is InChI=1S/C16H20N4OS/c21-16(19-7-10-20-8-2-1-3-9-20)13-5-4-6-18-15(13)14-11-17-12-22-14/h4-6,11-12H,1-3,7-10H2,(H,19,21). The minimum atomic E-state index is -0.0616. The molecule has 0 bridgehead atoms. The third-order valence-electron chi connectivity index (χ3n) is 3.88. The van der Waals surface area contributed by atoms with Crippen molar-refractivity contribution in [3.63, 3.8) is 0 Å². The first-order chi connectivity index (χ1) is 10.8. The van der Waals surface area contributed by atoms with E-state index in [1.807, 2.05) is 6.07 Å². The second-order valence-corrected chi connectivity index (χ2v) is 6.31. The Bertz CT molecular complexity index is 608. The number of rotatable bonds is 5. The van der Waals surface area contributed by atoms with Gasteiger partial charge in [-0.25, -0.2) is 0 Å². The number of hydrogen-bond donors (Lipinski definition) is 1. The lowest BCUT2D eigenvalue weighted by molar-refractivity contribution is 0.0947. The van der Waals surface area contributed by atoms with Crippen LogP contribution >= 0.6 is 11.3 Å². The molecule has 0 spiro atoms. The Hall–Kier alpha value is -1.79. The zero-order valence-corrected chi connectivity index (χ0v) is 13.3. The van der Waals surface area contributed by atoms with Crippen LogP contribution in [0.1, 0.15) is 29.6 Å². The quantitative estimate of drug-likeness (QED) is 0.920. The van der Waals surface area contributed by atoms with E-state index in [2.05, 4.69) is 20.2 Å². The van der Waals surface area contributed by atoms with Gasteiger partial charge in [0, 0.05) is 25.5 Å². The van der Waals surface area contributed by atoms with Gasteiger partial charge in [0.15, 0.2) is 0 Å². The Morgan fingerprint density at radius 1 is 1.32 bits per heavy atom. The maximum atomic E-state index is 12.4. The van der Waals surface area contributed by atoms with Gasteiger partial charge in [-0.2, -0.15) is 0 Å². The molecule has 0 unspecified atom stereocenters. The number of thiazole rings is 1. The van der Waals surface area contributed by atoms with E-state index in [9.17, 15) is 4.79 Å². The normalized spacial score (nSPS) is 15.6. The fourth-order valence-corrected chi connectivity index (χ4v) is 3.35. The first-order valence-electron chi connectivity index (χ1n) is 7.69. The average molecular weight is 316 g/mol. The smallest absolute Gasteiger partial charge is 0.253 e. The molecule has 0 radical (unpaired) electrons. The summed E-state index contributed by atoms with van der Waals surface area (Å²) in [5.41, 5.74) is 3.08. The summed E-state index contributed by atoms with van der Waals surface area (Å²) in [5, 5.41) is 3.01. The van der Waals surface area contributed by atoms with Crippen LogP contribution in [0.15, 0.2) is 30.0 Å². The molecule has 3 heterocycles. The molecule has 0 aliphatic carbocycles. The van der Waals surface area contributed by atoms with Crippen molar-refractivity contribution in [1.29, 1.82) is 0 Å². The summed E-state index contributed by atoms with van der Waals surface area (Å²) in [6.45, 7) is 3.89. The molecule has 1 fully saturated rings. The lowest BCUT2D eigenvalue weighted by Gasteiger charge is -2.26. The van der Waals surface area contributed by atoms with E-state index in [-0.39, 0.29) is 5.91 Å². The van der Waals surface area contributed by atoms with Crippen molar-refractivity contribution < 1.29 is 4.79 Å². The lowest BCUT2D eigenvalue weighted by Crippen LogP contribution is -2.37. The summed E-state index contributed by atoms with van der Waals surface area (Å²) in [6, 6.07) is 3.61. The van der Waals surface area contributed by atoms with Crippen molar-refractivity contribution in [3.05, 3.63) is 35.6 Å². The fourth-order valence-electron chi connectivity index (χ4n) is 2.72. The van der Waals surface area contributed by atoms with Crippen molar-refractivity contribution in [1.82, 2.24) is 20.2 Å². The Kier molecular flexibility index (Phi) is 5.13. The molecule has 1 saturated heterocycles. The van der Waals surface area contributed by atoms with Gasteiger partial charge in [-0.1, -0.05) is 6.42 Å². The van der Waals surface area contributed by atoms with Gasteiger partial charge >= 0.3 is 0 Å². The van der Waals surface area contributed by atoms with Crippen LogP contribution in [-0.2, 0) is 0 Å². The van der Waals surface area contributed by atoms with Gasteiger partial charge in [-0.3, -0.25) is 14.8 Å². The van der Waals surface area contributed by atoms with Crippen LogP contribution in [0.25, 0.3) is 10.6 Å². The summed E-state index contributed by atoms with van der Waals surface area (Å²) in [7, 11) is 0. The van der Waals surface area contributed by atoms with Gasteiger partial charge in [0.05, 0.1) is 21.6 Å². The first kappa shape index (κ1) is 15.1. The van der Waals surface area contributed by atoms with Gasteiger partial charge < -0.3 is 10.2 Å². The SMILES string of the molecule is O=C(NCCN1CCCCC1)c1cccnc1-c1cncs1. The number of nitrogens with one attached hydrogen (secondary N) is 1. The average Bonchev–Trinajstić information content (AvgIpc) is 3.10. The second-order valence-electron chi connectivity index (χ2n) is 5.42. The van der Waals surface area contributed by atoms with Gasteiger partial charge in [0.2, 0.25) is 0 Å². The molecule has 1 aliphatic rings. The monoisotopic (exact) mass is 316 g/mol. The maximum Gasteiger partial charge on any atom is 0.253 e. The highest BCUT2D eigenvalue weighted by molar-refractivity contribution is 7.13. The zero-order chi connectivity index (χ0) is 15.2. The van der Waals surface area contributed by atoms with Crippen LogP contribution in [0.4, 0.5) is 0 Å². The highest BCUT2D eigenvalue weighted by Gasteiger charge is 2.15. The van der Waals surface area contributed by atoms with E-state index in [4.69, 9.17) is 0 Å². The summed E-state index contributed by atoms with van der Waals surface area (Å²) >= 11 is 1.49. The van der Waals surface area contributed by atoms with E-state index in [1.54, 1.807) is 24.0 Å². The van der Waals surface area contributed by atoms with Gasteiger partial charge in [-0.15, -0.1) is 11.3 Å². The minimum Gasteiger partial charge on any atom is -0.351 e. The molecule has 116 valence electrons. The molecule has 0 aromatic carbocycles. The Morgan fingerprint density at radius 3 is 2.95 bits per heavy atom. The molecule has 3 rings (SSSR count). The van der Waals surface area contributed by atoms with E-state index in [0.29, 0.717) is 17.8 Å². The molecule has 1 amide bonds. The predicted octanol–water partition coefficient (Wildman–Crippen LogP) is 2.42. The molecule has 2 aromatic rings. The number of piperidine rings is 1. The summed E-state index contributed by atoms with van der Waals surface area (Å²) in [5.74, 6) is -0.0616. The van der Waals surface area contributed by atoms with Crippen LogP contribution in [0.3, 0.4) is 0 Å². The van der Waals surface area contributed by atoms with Gasteiger partial charge in [-0.05, 0) is 38.1 Å². The Morgan fingerprint density at radius 2 is 2.18 bits per heavy atom. The molecule has 0 saturated carbocycles. The summed E-state index contributed by atoms with van der Waals surface area (Å²) in [4.78, 5) is 24.2. The molecule has 0 atom stereocenters. The number of carbonyl (C=O) groups is 1. The lowest BCUT2D eigenvalue weighted by atomic mass is 10.1. The van der Waals surface area contributed by atoms with Crippen molar-refractivity contribution in [3.8, 4) is 10.6 Å². The highest BCUT2D eigenvalue weighted by Crippen LogP contribution is 2.24. The van der Waals surface area contributed by atoms with Gasteiger partial charge in [0.25, 0.3) is 5.91 Å². The van der Waals surface area contributed by atoms with Crippen LogP contribution < -0.4 is 5.32 Å². The number of hydrogen-bond acceptors (Lipinski definition) is 5. The number of amides is 1. The third-order valence-corrected chi connectivity index (χ3v) is 4.66. The first-order valence-corrected chi connectivity index (χ1v) is 8.57. The number of nitrogens with zero attached hydrogens (tertiary/aromatic N) is 3. The molecule has 1 N–H and O–H groups in total. The largest absolute Gasteiger partial charge is 0.351 e. The second kappa shape index (κ2) is 7.47. The van der Waals surface area contributed by atoms with Crippen LogP contribution in [0.2, 0.25) is 0 Å². The number of pyridine rings is 1. The minimum absolute atomic E-state index is 0.0616.